The fourth-order valence-corrected chi connectivity index (χ4v) is 2.16. The predicted molar refractivity (Wildman–Crippen MR) is 72.4 cm³/mol. The van der Waals surface area contributed by atoms with E-state index in [2.05, 4.69) is 25.6 Å². The average molecular weight is 265 g/mol. The van der Waals surface area contributed by atoms with Crippen LogP contribution in [0.5, 0.6) is 5.75 Å². The summed E-state index contributed by atoms with van der Waals surface area (Å²) in [5.74, 6) is 1.98. The minimum Gasteiger partial charge on any atom is -0.490 e. The van der Waals surface area contributed by atoms with Crippen LogP contribution < -0.4 is 15.4 Å². The number of rotatable bonds is 6. The molecule has 2 aromatic heterocycles. The van der Waals surface area contributed by atoms with Crippen LogP contribution in [0.3, 0.4) is 0 Å². The lowest BCUT2D eigenvalue weighted by Gasteiger charge is -2.12. The molecule has 0 aliphatic heterocycles. The number of nitrogens with zero attached hydrogens (tertiary/aromatic N) is 3. The van der Waals surface area contributed by atoms with Gasteiger partial charge < -0.3 is 15.4 Å². The number of thiazole rings is 1. The molecule has 0 unspecified atom stereocenters. The van der Waals surface area contributed by atoms with Crippen molar-refractivity contribution in [1.82, 2.24) is 15.0 Å². The average Bonchev–Trinajstić information content (AvgIpc) is 2.91. The molecule has 0 spiro atoms. The summed E-state index contributed by atoms with van der Waals surface area (Å²) in [6, 6.07) is 0. The van der Waals surface area contributed by atoms with Gasteiger partial charge in [-0.2, -0.15) is 0 Å². The molecule has 2 aromatic rings. The Bertz CT molecular complexity index is 488. The standard InChI is InChI=1S/C11H15N5OS/c1-12-10-9(17-2)11(16-7-15-10)14-4-3-8-13-5-6-18-8/h5-7H,3-4H2,1-2H3,(H2,12,14,15,16). The number of hydrogen-bond acceptors (Lipinski definition) is 7. The van der Waals surface area contributed by atoms with Crippen molar-refractivity contribution >= 4 is 23.0 Å². The number of aromatic nitrogens is 3. The first kappa shape index (κ1) is 12.6. The number of methoxy groups -OCH3 is 1. The highest BCUT2D eigenvalue weighted by molar-refractivity contribution is 7.09. The van der Waals surface area contributed by atoms with Gasteiger partial charge in [0.25, 0.3) is 0 Å². The van der Waals surface area contributed by atoms with Crippen LogP contribution in [0, 0.1) is 0 Å². The van der Waals surface area contributed by atoms with Crippen LogP contribution in [0.15, 0.2) is 17.9 Å². The summed E-state index contributed by atoms with van der Waals surface area (Å²) in [6.45, 7) is 0.754. The van der Waals surface area contributed by atoms with E-state index in [1.165, 1.54) is 6.33 Å². The zero-order valence-corrected chi connectivity index (χ0v) is 11.1. The number of anilines is 2. The van der Waals surface area contributed by atoms with E-state index < -0.39 is 0 Å². The second kappa shape index (κ2) is 6.15. The topological polar surface area (TPSA) is 72.0 Å². The van der Waals surface area contributed by atoms with E-state index in [0.717, 1.165) is 18.0 Å². The van der Waals surface area contributed by atoms with Crippen molar-refractivity contribution in [3.8, 4) is 5.75 Å². The van der Waals surface area contributed by atoms with Crippen molar-refractivity contribution in [2.75, 3.05) is 31.3 Å². The van der Waals surface area contributed by atoms with E-state index in [9.17, 15) is 0 Å². The SMILES string of the molecule is CNc1ncnc(NCCc2nccs2)c1OC. The minimum atomic E-state index is 0.624. The first-order chi connectivity index (χ1) is 8.85. The van der Waals surface area contributed by atoms with Crippen LogP contribution in [0.25, 0.3) is 0 Å². The fourth-order valence-electron chi connectivity index (χ4n) is 1.54. The molecule has 6 nitrogen and oxygen atoms in total. The van der Waals surface area contributed by atoms with Crippen molar-refractivity contribution in [2.45, 2.75) is 6.42 Å². The lowest BCUT2D eigenvalue weighted by molar-refractivity contribution is 0.415. The van der Waals surface area contributed by atoms with Crippen molar-refractivity contribution in [3.63, 3.8) is 0 Å². The molecular formula is C11H15N5OS. The van der Waals surface area contributed by atoms with Crippen molar-refractivity contribution in [3.05, 3.63) is 22.9 Å². The molecule has 0 saturated heterocycles. The van der Waals surface area contributed by atoms with Gasteiger partial charge in [0.15, 0.2) is 11.6 Å². The summed E-state index contributed by atoms with van der Waals surface area (Å²) < 4.78 is 5.29. The molecule has 18 heavy (non-hydrogen) atoms. The first-order valence-electron chi connectivity index (χ1n) is 5.54. The molecule has 0 atom stereocenters. The normalized spacial score (nSPS) is 10.1. The molecule has 2 heterocycles. The van der Waals surface area contributed by atoms with Gasteiger partial charge in [0.2, 0.25) is 5.75 Å². The Morgan fingerprint density at radius 3 is 2.78 bits per heavy atom. The summed E-state index contributed by atoms with van der Waals surface area (Å²) in [5, 5.41) is 9.27. The Morgan fingerprint density at radius 2 is 2.11 bits per heavy atom. The molecule has 0 aliphatic rings. The molecule has 7 heteroatoms. The third-order valence-corrected chi connectivity index (χ3v) is 3.20. The Kier molecular flexibility index (Phi) is 4.30. The number of nitrogens with one attached hydrogen (secondary N) is 2. The fraction of sp³-hybridized carbons (Fsp3) is 0.364. The monoisotopic (exact) mass is 265 g/mol. The summed E-state index contributed by atoms with van der Waals surface area (Å²) in [6.07, 6.45) is 4.17. The molecule has 0 fully saturated rings. The lowest BCUT2D eigenvalue weighted by Crippen LogP contribution is -2.09. The summed E-state index contributed by atoms with van der Waals surface area (Å²) in [7, 11) is 3.40. The van der Waals surface area contributed by atoms with E-state index >= 15 is 0 Å². The van der Waals surface area contributed by atoms with Crippen LogP contribution in [0.1, 0.15) is 5.01 Å². The molecule has 0 aromatic carbocycles. The van der Waals surface area contributed by atoms with E-state index in [4.69, 9.17) is 4.74 Å². The van der Waals surface area contributed by atoms with Gasteiger partial charge in [-0.05, 0) is 0 Å². The van der Waals surface area contributed by atoms with E-state index in [1.54, 1.807) is 25.5 Å². The van der Waals surface area contributed by atoms with Crippen LogP contribution in [0.2, 0.25) is 0 Å². The van der Waals surface area contributed by atoms with Gasteiger partial charge in [0.1, 0.15) is 6.33 Å². The molecule has 96 valence electrons. The van der Waals surface area contributed by atoms with Gasteiger partial charge in [-0.15, -0.1) is 11.3 Å². The van der Waals surface area contributed by atoms with Gasteiger partial charge in [-0.3, -0.25) is 0 Å². The minimum absolute atomic E-state index is 0.624. The van der Waals surface area contributed by atoms with Gasteiger partial charge in [0, 0.05) is 31.6 Å². The summed E-state index contributed by atoms with van der Waals surface area (Å²) >= 11 is 1.65. The van der Waals surface area contributed by atoms with E-state index in [1.807, 2.05) is 11.6 Å². The molecule has 0 amide bonds. The zero-order chi connectivity index (χ0) is 12.8. The lowest BCUT2D eigenvalue weighted by atomic mass is 10.4. The quantitative estimate of drug-likeness (QED) is 0.827. The van der Waals surface area contributed by atoms with Crippen molar-refractivity contribution < 1.29 is 4.74 Å². The number of ether oxygens (including phenoxy) is 1. The second-order valence-corrected chi connectivity index (χ2v) is 4.44. The van der Waals surface area contributed by atoms with Crippen LogP contribution in [0.4, 0.5) is 11.6 Å². The molecule has 0 aliphatic carbocycles. The summed E-state index contributed by atoms with van der Waals surface area (Å²) in [5.41, 5.74) is 0. The Labute approximate surface area is 109 Å². The van der Waals surface area contributed by atoms with Crippen LogP contribution in [-0.4, -0.2) is 35.7 Å². The van der Waals surface area contributed by atoms with Gasteiger partial charge in [0.05, 0.1) is 12.1 Å². The maximum Gasteiger partial charge on any atom is 0.204 e. The Hall–Kier alpha value is -1.89. The van der Waals surface area contributed by atoms with Crippen LogP contribution >= 0.6 is 11.3 Å². The Morgan fingerprint density at radius 1 is 1.28 bits per heavy atom. The van der Waals surface area contributed by atoms with E-state index in [0.29, 0.717) is 17.4 Å². The predicted octanol–water partition coefficient (Wildman–Crippen LogP) is 1.64. The second-order valence-electron chi connectivity index (χ2n) is 3.46. The molecule has 0 bridgehead atoms. The van der Waals surface area contributed by atoms with E-state index in [-0.39, 0.29) is 0 Å². The molecule has 2 rings (SSSR count). The Balaban J connectivity index is 2.00. The maximum atomic E-state index is 5.29. The largest absolute Gasteiger partial charge is 0.490 e. The maximum absolute atomic E-state index is 5.29. The van der Waals surface area contributed by atoms with Gasteiger partial charge in [-0.25, -0.2) is 15.0 Å². The highest BCUT2D eigenvalue weighted by Crippen LogP contribution is 2.28. The molecule has 0 saturated carbocycles. The number of hydrogen-bond donors (Lipinski definition) is 2. The highest BCUT2D eigenvalue weighted by Gasteiger charge is 2.10. The van der Waals surface area contributed by atoms with Crippen molar-refractivity contribution in [2.24, 2.45) is 0 Å². The zero-order valence-electron chi connectivity index (χ0n) is 10.3. The van der Waals surface area contributed by atoms with Crippen LogP contribution in [-0.2, 0) is 6.42 Å². The van der Waals surface area contributed by atoms with Crippen molar-refractivity contribution in [1.29, 1.82) is 0 Å². The molecular weight excluding hydrogens is 250 g/mol. The smallest absolute Gasteiger partial charge is 0.204 e. The van der Waals surface area contributed by atoms with Gasteiger partial charge >= 0.3 is 0 Å². The first-order valence-corrected chi connectivity index (χ1v) is 6.42. The molecule has 0 radical (unpaired) electrons. The summed E-state index contributed by atoms with van der Waals surface area (Å²) in [4.78, 5) is 12.5. The highest BCUT2D eigenvalue weighted by atomic mass is 32.1. The van der Waals surface area contributed by atoms with Gasteiger partial charge in [-0.1, -0.05) is 0 Å². The molecule has 2 N–H and O–H groups in total. The third-order valence-electron chi connectivity index (χ3n) is 2.36. The third kappa shape index (κ3) is 2.86.